The van der Waals surface area contributed by atoms with E-state index in [-0.39, 0.29) is 5.41 Å². The normalized spacial score (nSPS) is 15.0. The fraction of sp³-hybridized carbons (Fsp3) is 0.300. The van der Waals surface area contributed by atoms with E-state index in [1.165, 1.54) is 22.4 Å². The van der Waals surface area contributed by atoms with Gasteiger partial charge in [-0.1, -0.05) is 55.8 Å². The van der Waals surface area contributed by atoms with Crippen LogP contribution in [0.1, 0.15) is 66.2 Å². The lowest BCUT2D eigenvalue weighted by molar-refractivity contribution is 0.304. The maximum Gasteiger partial charge on any atom is 0.144 e. The second-order valence-corrected chi connectivity index (χ2v) is 12.3. The summed E-state index contributed by atoms with van der Waals surface area (Å²) in [5, 5.41) is 0. The average Bonchev–Trinajstić information content (AvgIpc) is 3.75. The number of benzene rings is 3. The molecule has 3 aromatic carbocycles. The molecule has 2 N–H and O–H groups in total. The van der Waals surface area contributed by atoms with Gasteiger partial charge in [-0.05, 0) is 93.3 Å². The summed E-state index contributed by atoms with van der Waals surface area (Å²) in [4.78, 5) is 19.4. The monoisotopic (exact) mass is 627 g/mol. The summed E-state index contributed by atoms with van der Waals surface area (Å²) in [6, 6.07) is 29.0. The highest BCUT2D eigenvalue weighted by molar-refractivity contribution is 5.82. The van der Waals surface area contributed by atoms with E-state index in [9.17, 15) is 0 Å². The number of anilines is 1. The van der Waals surface area contributed by atoms with Crippen molar-refractivity contribution < 1.29 is 9.47 Å². The summed E-state index contributed by atoms with van der Waals surface area (Å²) in [5.74, 6) is 1.52. The zero-order valence-corrected chi connectivity index (χ0v) is 28.1. The number of aryl methyl sites for hydroxylation is 3. The van der Waals surface area contributed by atoms with Crippen LogP contribution in [0.3, 0.4) is 0 Å². The molecule has 7 heteroatoms. The molecule has 2 aromatic heterocycles. The number of nitrogens with zero attached hydrogens (tertiary/aromatic N) is 3. The zero-order chi connectivity index (χ0) is 32.8. The first-order valence-corrected chi connectivity index (χ1v) is 16.6. The van der Waals surface area contributed by atoms with Crippen LogP contribution in [0.15, 0.2) is 94.9 Å². The third kappa shape index (κ3) is 6.89. The molecule has 242 valence electrons. The number of fused-ring (bicyclic) bond motifs is 6. The SMILES string of the molecule is CCC1(CC)c2ccc([nH]2)C=Nc2ccccc2OCCN(c2c(C)cc(C)cc2C)CCOc2ccccc2N=Cc2ccc1[nH]2. The molecule has 0 fully saturated rings. The van der Waals surface area contributed by atoms with Crippen molar-refractivity contribution >= 4 is 29.5 Å². The predicted octanol–water partition coefficient (Wildman–Crippen LogP) is 9.15. The van der Waals surface area contributed by atoms with Gasteiger partial charge in [-0.3, -0.25) is 9.98 Å². The highest BCUT2D eigenvalue weighted by Gasteiger charge is 2.33. The summed E-state index contributed by atoms with van der Waals surface area (Å²) < 4.78 is 12.8. The second kappa shape index (κ2) is 14.2. The molecule has 0 atom stereocenters. The summed E-state index contributed by atoms with van der Waals surface area (Å²) in [5.41, 5.74) is 10.6. The van der Waals surface area contributed by atoms with Crippen LogP contribution in [-0.4, -0.2) is 48.7 Å². The topological polar surface area (TPSA) is 78.0 Å². The van der Waals surface area contributed by atoms with E-state index in [1.807, 2.05) is 61.0 Å². The highest BCUT2D eigenvalue weighted by Crippen LogP contribution is 2.38. The molecule has 0 spiro atoms. The number of aromatic nitrogens is 2. The van der Waals surface area contributed by atoms with E-state index >= 15 is 0 Å². The fourth-order valence-electron chi connectivity index (χ4n) is 6.88. The van der Waals surface area contributed by atoms with Gasteiger partial charge in [0.15, 0.2) is 0 Å². The Morgan fingerprint density at radius 1 is 0.660 bits per heavy atom. The Morgan fingerprint density at radius 2 is 1.13 bits per heavy atom. The third-order valence-electron chi connectivity index (χ3n) is 9.26. The molecule has 1 aliphatic heterocycles. The molecule has 7 nitrogen and oxygen atoms in total. The number of ether oxygens (including phenoxy) is 2. The van der Waals surface area contributed by atoms with Gasteiger partial charge in [0, 0.05) is 22.5 Å². The van der Waals surface area contributed by atoms with Crippen LogP contribution in [0, 0.1) is 20.8 Å². The van der Waals surface area contributed by atoms with E-state index in [0.29, 0.717) is 26.3 Å². The van der Waals surface area contributed by atoms with Gasteiger partial charge in [0.1, 0.15) is 36.1 Å². The Morgan fingerprint density at radius 3 is 1.60 bits per heavy atom. The molecule has 0 aliphatic carbocycles. The van der Waals surface area contributed by atoms with E-state index in [0.717, 1.165) is 58.5 Å². The van der Waals surface area contributed by atoms with Crippen molar-refractivity contribution in [1.29, 1.82) is 0 Å². The number of hydrogen-bond donors (Lipinski definition) is 2. The first kappa shape index (κ1) is 31.9. The van der Waals surface area contributed by atoms with Gasteiger partial charge in [0.25, 0.3) is 0 Å². The molecular weight excluding hydrogens is 582 g/mol. The predicted molar refractivity (Wildman–Crippen MR) is 194 cm³/mol. The minimum Gasteiger partial charge on any atom is -0.489 e. The molecule has 0 saturated heterocycles. The van der Waals surface area contributed by atoms with Crippen molar-refractivity contribution in [3.63, 3.8) is 0 Å². The number of para-hydroxylation sites is 4. The molecule has 5 aromatic rings. The van der Waals surface area contributed by atoms with Gasteiger partial charge < -0.3 is 24.3 Å². The number of aliphatic imine (C=N–C) groups is 2. The first-order chi connectivity index (χ1) is 22.9. The van der Waals surface area contributed by atoms with E-state index in [4.69, 9.17) is 19.5 Å². The number of rotatable bonds is 3. The van der Waals surface area contributed by atoms with Gasteiger partial charge in [0.05, 0.1) is 36.9 Å². The Bertz CT molecular complexity index is 1750. The molecule has 0 unspecified atom stereocenters. The maximum absolute atomic E-state index is 6.40. The van der Waals surface area contributed by atoms with Crippen molar-refractivity contribution in [2.24, 2.45) is 9.98 Å². The Balaban J connectivity index is 1.38. The molecule has 3 heterocycles. The van der Waals surface area contributed by atoms with Crippen LogP contribution in [0.25, 0.3) is 0 Å². The van der Waals surface area contributed by atoms with Gasteiger partial charge in [-0.2, -0.15) is 0 Å². The third-order valence-corrected chi connectivity index (χ3v) is 9.26. The van der Waals surface area contributed by atoms with Crippen LogP contribution in [0.4, 0.5) is 17.1 Å². The molecule has 0 saturated carbocycles. The minimum atomic E-state index is -0.197. The first-order valence-electron chi connectivity index (χ1n) is 16.6. The van der Waals surface area contributed by atoms with Gasteiger partial charge >= 0.3 is 0 Å². The van der Waals surface area contributed by atoms with Crippen LogP contribution in [0.2, 0.25) is 0 Å². The van der Waals surface area contributed by atoms with Crippen LogP contribution >= 0.6 is 0 Å². The summed E-state index contributed by atoms with van der Waals surface area (Å²) in [7, 11) is 0. The van der Waals surface area contributed by atoms with Crippen LogP contribution in [0.5, 0.6) is 11.5 Å². The molecule has 0 amide bonds. The van der Waals surface area contributed by atoms with Crippen LogP contribution in [-0.2, 0) is 5.41 Å². The summed E-state index contributed by atoms with van der Waals surface area (Å²) >= 11 is 0. The van der Waals surface area contributed by atoms with Crippen molar-refractivity contribution in [3.8, 4) is 11.5 Å². The van der Waals surface area contributed by atoms with Gasteiger partial charge in [-0.15, -0.1) is 0 Å². The number of nitrogens with one attached hydrogen (secondary N) is 2. The van der Waals surface area contributed by atoms with Gasteiger partial charge in [0.2, 0.25) is 0 Å². The smallest absolute Gasteiger partial charge is 0.144 e. The second-order valence-electron chi connectivity index (χ2n) is 12.3. The van der Waals surface area contributed by atoms with Crippen molar-refractivity contribution in [2.45, 2.75) is 52.9 Å². The lowest BCUT2D eigenvalue weighted by Gasteiger charge is -2.30. The van der Waals surface area contributed by atoms with E-state index < -0.39 is 0 Å². The number of hydrogen-bond acceptors (Lipinski definition) is 5. The lowest BCUT2D eigenvalue weighted by Crippen LogP contribution is -2.33. The van der Waals surface area contributed by atoms with E-state index in [1.54, 1.807) is 0 Å². The van der Waals surface area contributed by atoms with Crippen molar-refractivity contribution in [1.82, 2.24) is 9.97 Å². The highest BCUT2D eigenvalue weighted by atomic mass is 16.5. The van der Waals surface area contributed by atoms with Crippen molar-refractivity contribution in [3.05, 3.63) is 124 Å². The standard InChI is InChI=1S/C40H45N5O2/c1-6-40(7-2)37-18-16-31(43-37)26-41-33-12-8-10-14-35(33)46-22-20-45(39-29(4)24-28(3)25-30(39)5)21-23-47-36-15-11-9-13-34(36)42-27-32-17-19-38(40)44-32/h8-19,24-27,43-44H,6-7,20-23H2,1-5H3. The average molecular weight is 628 g/mol. The number of H-pyrrole nitrogens is 2. The van der Waals surface area contributed by atoms with E-state index in [2.05, 4.69) is 85.9 Å². The number of aromatic amines is 2. The lowest BCUT2D eigenvalue weighted by atomic mass is 9.76. The molecule has 47 heavy (non-hydrogen) atoms. The maximum atomic E-state index is 6.40. The largest absolute Gasteiger partial charge is 0.489 e. The summed E-state index contributed by atoms with van der Waals surface area (Å²) in [6.07, 6.45) is 5.65. The molecular formula is C40H45N5O2. The molecule has 1 aliphatic rings. The fourth-order valence-corrected chi connectivity index (χ4v) is 6.88. The minimum absolute atomic E-state index is 0.197. The quantitative estimate of drug-likeness (QED) is 0.209. The Labute approximate surface area is 278 Å². The Kier molecular flexibility index (Phi) is 9.62. The Hall–Kier alpha value is -5.04. The van der Waals surface area contributed by atoms with Crippen LogP contribution < -0.4 is 14.4 Å². The zero-order valence-electron chi connectivity index (χ0n) is 28.1. The molecule has 0 radical (unpaired) electrons. The summed E-state index contributed by atoms with van der Waals surface area (Å²) in [6.45, 7) is 13.4. The van der Waals surface area contributed by atoms with Gasteiger partial charge in [-0.25, -0.2) is 0 Å². The van der Waals surface area contributed by atoms with Crippen molar-refractivity contribution in [2.75, 3.05) is 31.2 Å². The molecule has 4 bridgehead atoms. The molecule has 6 rings (SSSR count).